The number of alkyl carbamates (subject to hydrolysis) is 1. The molecular formula is C27H25IN2O5. The van der Waals surface area contributed by atoms with E-state index >= 15 is 0 Å². The number of anilines is 1. The standard InChI is InChI=1S/C27H25IN2O5/c1-15(2)24(25(31)29-23-12-11-16(28)13-21(23)26(32)33)30-27(34)35-14-22-19-9-5-3-7-17(19)18-8-4-6-10-20(18)22/h3-13,15,22,24H,14H2,1-2H3,(H,29,31)(H,30,34)(H,32,33)/t24-/m1/s1. The van der Waals surface area contributed by atoms with Crippen LogP contribution in [0.25, 0.3) is 11.1 Å². The number of rotatable bonds is 7. The van der Waals surface area contributed by atoms with Crippen LogP contribution >= 0.6 is 22.6 Å². The molecule has 2 amide bonds. The first-order chi connectivity index (χ1) is 16.8. The zero-order valence-corrected chi connectivity index (χ0v) is 21.4. The molecule has 0 heterocycles. The van der Waals surface area contributed by atoms with Crippen LogP contribution in [0.3, 0.4) is 0 Å². The summed E-state index contributed by atoms with van der Waals surface area (Å²) < 4.78 is 6.30. The average Bonchev–Trinajstić information content (AvgIpc) is 3.15. The molecule has 0 unspecified atom stereocenters. The second-order valence-electron chi connectivity index (χ2n) is 8.68. The predicted octanol–water partition coefficient (Wildman–Crippen LogP) is 5.49. The minimum atomic E-state index is -1.15. The number of halogens is 1. The fourth-order valence-electron chi connectivity index (χ4n) is 4.31. The van der Waals surface area contributed by atoms with E-state index < -0.39 is 24.0 Å². The summed E-state index contributed by atoms with van der Waals surface area (Å²) in [5, 5.41) is 14.7. The number of carboxylic acids is 1. The summed E-state index contributed by atoms with van der Waals surface area (Å²) in [6.07, 6.45) is -0.707. The second kappa shape index (κ2) is 10.5. The molecule has 0 aliphatic heterocycles. The predicted molar refractivity (Wildman–Crippen MR) is 142 cm³/mol. The molecule has 1 aliphatic rings. The number of benzene rings is 3. The molecule has 0 fully saturated rings. The molecular weight excluding hydrogens is 559 g/mol. The number of carbonyl (C=O) groups excluding carboxylic acids is 2. The normalized spacial score (nSPS) is 13.0. The molecule has 0 bridgehead atoms. The molecule has 180 valence electrons. The fourth-order valence-corrected chi connectivity index (χ4v) is 4.81. The van der Waals surface area contributed by atoms with Crippen molar-refractivity contribution in [3.8, 4) is 11.1 Å². The van der Waals surface area contributed by atoms with Crippen LogP contribution in [0.2, 0.25) is 0 Å². The molecule has 0 saturated heterocycles. The lowest BCUT2D eigenvalue weighted by molar-refractivity contribution is -0.119. The minimum absolute atomic E-state index is 0.0195. The largest absolute Gasteiger partial charge is 0.478 e. The smallest absolute Gasteiger partial charge is 0.407 e. The van der Waals surface area contributed by atoms with Crippen molar-refractivity contribution in [2.75, 3.05) is 11.9 Å². The van der Waals surface area contributed by atoms with Crippen LogP contribution in [-0.2, 0) is 9.53 Å². The molecule has 0 aromatic heterocycles. The maximum absolute atomic E-state index is 13.0. The summed E-state index contributed by atoms with van der Waals surface area (Å²) in [6, 6.07) is 19.9. The van der Waals surface area contributed by atoms with E-state index in [0.717, 1.165) is 25.8 Å². The Kier molecular flexibility index (Phi) is 7.39. The van der Waals surface area contributed by atoms with E-state index in [-0.39, 0.29) is 29.7 Å². The molecule has 0 radical (unpaired) electrons. The quantitative estimate of drug-likeness (QED) is 0.319. The van der Waals surface area contributed by atoms with E-state index in [9.17, 15) is 19.5 Å². The van der Waals surface area contributed by atoms with Crippen LogP contribution in [-0.4, -0.2) is 35.7 Å². The molecule has 0 spiro atoms. The number of aromatic carboxylic acids is 1. The monoisotopic (exact) mass is 584 g/mol. The number of carboxylic acid groups (broad SMARTS) is 1. The van der Waals surface area contributed by atoms with Gasteiger partial charge in [0.15, 0.2) is 0 Å². The number of carbonyl (C=O) groups is 3. The number of hydrogen-bond donors (Lipinski definition) is 3. The van der Waals surface area contributed by atoms with Gasteiger partial charge in [-0.25, -0.2) is 9.59 Å². The van der Waals surface area contributed by atoms with Crippen molar-refractivity contribution in [1.29, 1.82) is 0 Å². The van der Waals surface area contributed by atoms with Crippen molar-refractivity contribution in [3.63, 3.8) is 0 Å². The van der Waals surface area contributed by atoms with E-state index in [4.69, 9.17) is 4.74 Å². The maximum atomic E-state index is 13.0. The summed E-state index contributed by atoms with van der Waals surface area (Å²) >= 11 is 2.01. The maximum Gasteiger partial charge on any atom is 0.407 e. The Balaban J connectivity index is 1.44. The van der Waals surface area contributed by atoms with E-state index in [1.807, 2.05) is 59.0 Å². The van der Waals surface area contributed by atoms with Gasteiger partial charge in [0.25, 0.3) is 0 Å². The van der Waals surface area contributed by atoms with Gasteiger partial charge >= 0.3 is 12.1 Å². The Morgan fingerprint density at radius 2 is 1.57 bits per heavy atom. The molecule has 0 saturated carbocycles. The molecule has 3 aromatic rings. The van der Waals surface area contributed by atoms with Crippen molar-refractivity contribution in [2.45, 2.75) is 25.8 Å². The van der Waals surface area contributed by atoms with E-state index in [0.29, 0.717) is 0 Å². The zero-order valence-electron chi connectivity index (χ0n) is 19.2. The van der Waals surface area contributed by atoms with Gasteiger partial charge in [0, 0.05) is 9.49 Å². The lowest BCUT2D eigenvalue weighted by atomic mass is 9.98. The van der Waals surface area contributed by atoms with Gasteiger partial charge in [0.1, 0.15) is 12.6 Å². The molecule has 3 aromatic carbocycles. The summed E-state index contributed by atoms with van der Waals surface area (Å²) in [5.74, 6) is -2.02. The second-order valence-corrected chi connectivity index (χ2v) is 9.92. The number of nitrogens with one attached hydrogen (secondary N) is 2. The Labute approximate surface area is 217 Å². The van der Waals surface area contributed by atoms with Crippen LogP contribution in [0.15, 0.2) is 66.7 Å². The number of ether oxygens (including phenoxy) is 1. The van der Waals surface area contributed by atoms with Gasteiger partial charge in [0.05, 0.1) is 11.3 Å². The Hall–Kier alpha value is -3.40. The third kappa shape index (κ3) is 5.32. The fraction of sp³-hybridized carbons (Fsp3) is 0.222. The molecule has 3 N–H and O–H groups in total. The SMILES string of the molecule is CC(C)[C@@H](NC(=O)OCC1c2ccccc2-c2ccccc21)C(=O)Nc1ccc(I)cc1C(=O)O. The van der Waals surface area contributed by atoms with Gasteiger partial charge in [-0.15, -0.1) is 0 Å². The van der Waals surface area contributed by atoms with Gasteiger partial charge < -0.3 is 20.5 Å². The van der Waals surface area contributed by atoms with Crippen LogP contribution in [0, 0.1) is 9.49 Å². The molecule has 7 nitrogen and oxygen atoms in total. The summed E-state index contributed by atoms with van der Waals surface area (Å²) in [6.45, 7) is 3.71. The minimum Gasteiger partial charge on any atom is -0.478 e. The first-order valence-electron chi connectivity index (χ1n) is 11.2. The first-order valence-corrected chi connectivity index (χ1v) is 12.3. The van der Waals surface area contributed by atoms with Crippen molar-refractivity contribution < 1.29 is 24.2 Å². The molecule has 1 aliphatic carbocycles. The highest BCUT2D eigenvalue weighted by Gasteiger charge is 2.30. The average molecular weight is 584 g/mol. The summed E-state index contributed by atoms with van der Waals surface area (Å²) in [5.41, 5.74) is 4.60. The molecule has 8 heteroatoms. The van der Waals surface area contributed by atoms with Gasteiger partial charge in [0.2, 0.25) is 5.91 Å². The summed E-state index contributed by atoms with van der Waals surface area (Å²) in [7, 11) is 0. The van der Waals surface area contributed by atoms with E-state index in [1.54, 1.807) is 19.9 Å². The van der Waals surface area contributed by atoms with Crippen molar-refractivity contribution in [2.24, 2.45) is 5.92 Å². The molecule has 35 heavy (non-hydrogen) atoms. The van der Waals surface area contributed by atoms with Gasteiger partial charge in [-0.1, -0.05) is 62.4 Å². The van der Waals surface area contributed by atoms with Crippen LogP contribution in [0.5, 0.6) is 0 Å². The lowest BCUT2D eigenvalue weighted by Crippen LogP contribution is -2.47. The van der Waals surface area contributed by atoms with Gasteiger partial charge in [-0.2, -0.15) is 0 Å². The number of amides is 2. The van der Waals surface area contributed by atoms with E-state index in [1.165, 1.54) is 12.1 Å². The lowest BCUT2D eigenvalue weighted by Gasteiger charge is -2.22. The van der Waals surface area contributed by atoms with Crippen LogP contribution < -0.4 is 10.6 Å². The van der Waals surface area contributed by atoms with Crippen LogP contribution in [0.1, 0.15) is 41.3 Å². The number of hydrogen-bond acceptors (Lipinski definition) is 4. The van der Waals surface area contributed by atoms with Gasteiger partial charge in [-0.05, 0) is 69.0 Å². The highest BCUT2D eigenvalue weighted by Crippen LogP contribution is 2.44. The topological polar surface area (TPSA) is 105 Å². The first kappa shape index (κ1) is 24.7. The Bertz CT molecular complexity index is 1240. The highest BCUT2D eigenvalue weighted by molar-refractivity contribution is 14.1. The Morgan fingerprint density at radius 3 is 2.14 bits per heavy atom. The van der Waals surface area contributed by atoms with Crippen molar-refractivity contribution >= 4 is 46.2 Å². The molecule has 1 atom stereocenters. The van der Waals surface area contributed by atoms with E-state index in [2.05, 4.69) is 22.8 Å². The van der Waals surface area contributed by atoms with Crippen molar-refractivity contribution in [3.05, 3.63) is 87.0 Å². The molecule has 4 rings (SSSR count). The highest BCUT2D eigenvalue weighted by atomic mass is 127. The number of fused-ring (bicyclic) bond motifs is 3. The summed E-state index contributed by atoms with van der Waals surface area (Å²) in [4.78, 5) is 37.2. The third-order valence-corrected chi connectivity index (χ3v) is 6.71. The zero-order chi connectivity index (χ0) is 25.1. The van der Waals surface area contributed by atoms with Crippen molar-refractivity contribution in [1.82, 2.24) is 5.32 Å². The Morgan fingerprint density at radius 1 is 0.971 bits per heavy atom. The van der Waals surface area contributed by atoms with Gasteiger partial charge in [-0.3, -0.25) is 4.79 Å². The third-order valence-electron chi connectivity index (χ3n) is 6.04. The van der Waals surface area contributed by atoms with Crippen LogP contribution in [0.4, 0.5) is 10.5 Å².